The molecule has 0 bridgehead atoms. The minimum absolute atomic E-state index is 0.106. The summed E-state index contributed by atoms with van der Waals surface area (Å²) in [4.78, 5) is 11.8. The number of aryl methyl sites for hydroxylation is 1. The first-order chi connectivity index (χ1) is 9.28. The molecule has 100 valence electrons. The molecule has 0 saturated carbocycles. The average Bonchev–Trinajstić information content (AvgIpc) is 2.85. The molecule has 0 atom stereocenters. The summed E-state index contributed by atoms with van der Waals surface area (Å²) in [6.45, 7) is 2.91. The third-order valence-corrected chi connectivity index (χ3v) is 2.72. The van der Waals surface area contributed by atoms with Gasteiger partial charge in [-0.15, -0.1) is 0 Å². The number of benzene rings is 1. The molecule has 1 heterocycles. The number of rotatable bonds is 6. The average molecular weight is 260 g/mol. The first kappa shape index (κ1) is 13.3. The number of anilines is 1. The van der Waals surface area contributed by atoms with E-state index < -0.39 is 0 Å². The molecule has 0 radical (unpaired) electrons. The fourth-order valence-corrected chi connectivity index (χ4v) is 1.72. The van der Waals surface area contributed by atoms with Crippen molar-refractivity contribution in [1.29, 1.82) is 0 Å². The Morgan fingerprint density at radius 2 is 2.16 bits per heavy atom. The first-order valence-corrected chi connectivity index (χ1v) is 6.48. The number of unbranched alkanes of at least 4 members (excludes halogenated alkanes) is 1. The molecule has 0 saturated heterocycles. The second-order valence-electron chi connectivity index (χ2n) is 4.39. The van der Waals surface area contributed by atoms with Gasteiger partial charge in [0.25, 0.3) is 6.20 Å². The van der Waals surface area contributed by atoms with Gasteiger partial charge in [0.05, 0.1) is 6.42 Å². The molecule has 0 aliphatic rings. The lowest BCUT2D eigenvalue weighted by atomic mass is 10.1. The van der Waals surface area contributed by atoms with Crippen LogP contribution in [0.4, 0.5) is 5.88 Å². The fourth-order valence-electron chi connectivity index (χ4n) is 1.72. The third-order valence-electron chi connectivity index (χ3n) is 2.72. The predicted octanol–water partition coefficient (Wildman–Crippen LogP) is 1.94. The maximum atomic E-state index is 11.8. The molecule has 0 aliphatic heterocycles. The monoisotopic (exact) mass is 260 g/mol. The van der Waals surface area contributed by atoms with Crippen LogP contribution in [0.5, 0.6) is 0 Å². The Bertz CT molecular complexity index is 522. The fraction of sp³-hybridized carbons (Fsp3) is 0.357. The van der Waals surface area contributed by atoms with Gasteiger partial charge in [0, 0.05) is 6.42 Å². The van der Waals surface area contributed by atoms with Crippen molar-refractivity contribution in [3.63, 3.8) is 0 Å². The van der Waals surface area contributed by atoms with E-state index in [-0.39, 0.29) is 5.91 Å². The van der Waals surface area contributed by atoms with Gasteiger partial charge >= 0.3 is 5.88 Å². The van der Waals surface area contributed by atoms with E-state index in [4.69, 9.17) is 4.52 Å². The van der Waals surface area contributed by atoms with E-state index in [1.165, 1.54) is 0 Å². The van der Waals surface area contributed by atoms with Crippen molar-refractivity contribution in [3.05, 3.63) is 42.1 Å². The molecule has 0 spiro atoms. The standard InChI is InChI=1S/C14H17N3O2/c1-2-3-9-17-11-14(19-16-17)15-13(18)10-12-7-5-4-6-8-12/h4-8,11H,2-3,9-10H2,1H3/p+1. The van der Waals surface area contributed by atoms with Crippen molar-refractivity contribution in [2.24, 2.45) is 0 Å². The van der Waals surface area contributed by atoms with E-state index in [0.29, 0.717) is 12.3 Å². The highest BCUT2D eigenvalue weighted by atomic mass is 16.5. The lowest BCUT2D eigenvalue weighted by Gasteiger charge is -1.99. The molecule has 1 amide bonds. The molecule has 1 aromatic carbocycles. The number of carbonyl (C=O) groups excluding carboxylic acids is 1. The SMILES string of the molecule is CCCC[n+]1cc(NC(=O)Cc2ccccc2)on1. The van der Waals surface area contributed by atoms with Crippen molar-refractivity contribution in [2.75, 3.05) is 5.32 Å². The normalized spacial score (nSPS) is 10.4. The van der Waals surface area contributed by atoms with Crippen molar-refractivity contribution in [3.8, 4) is 0 Å². The van der Waals surface area contributed by atoms with E-state index in [2.05, 4.69) is 17.5 Å². The lowest BCUT2D eigenvalue weighted by Crippen LogP contribution is -2.34. The highest BCUT2D eigenvalue weighted by Crippen LogP contribution is 2.04. The van der Waals surface area contributed by atoms with Crippen LogP contribution in [0.2, 0.25) is 0 Å². The number of hydrogen-bond donors (Lipinski definition) is 1. The van der Waals surface area contributed by atoms with Crippen molar-refractivity contribution < 1.29 is 14.0 Å². The predicted molar refractivity (Wildman–Crippen MR) is 70.4 cm³/mol. The molecule has 5 heteroatoms. The van der Waals surface area contributed by atoms with Crippen LogP contribution in [-0.4, -0.2) is 11.2 Å². The Balaban J connectivity index is 1.86. The number of nitrogens with zero attached hydrogens (tertiary/aromatic N) is 2. The van der Waals surface area contributed by atoms with Gasteiger partial charge < -0.3 is 0 Å². The smallest absolute Gasteiger partial charge is 0.289 e. The molecular formula is C14H18N3O2+. The van der Waals surface area contributed by atoms with E-state index in [1.807, 2.05) is 30.3 Å². The van der Waals surface area contributed by atoms with Crippen LogP contribution in [-0.2, 0) is 17.8 Å². The topological polar surface area (TPSA) is 59.0 Å². The number of aromatic nitrogens is 2. The van der Waals surface area contributed by atoms with Gasteiger partial charge in [-0.1, -0.05) is 48.4 Å². The zero-order valence-electron chi connectivity index (χ0n) is 11.0. The summed E-state index contributed by atoms with van der Waals surface area (Å²) in [5.41, 5.74) is 0.971. The summed E-state index contributed by atoms with van der Waals surface area (Å²) < 4.78 is 6.75. The van der Waals surface area contributed by atoms with Gasteiger partial charge in [-0.3, -0.25) is 14.6 Å². The molecule has 2 rings (SSSR count). The first-order valence-electron chi connectivity index (χ1n) is 6.48. The molecule has 2 aromatic rings. The summed E-state index contributed by atoms with van der Waals surface area (Å²) in [6.07, 6.45) is 4.17. The van der Waals surface area contributed by atoms with Crippen molar-refractivity contribution in [2.45, 2.75) is 32.7 Å². The molecule has 5 nitrogen and oxygen atoms in total. The van der Waals surface area contributed by atoms with Gasteiger partial charge in [-0.25, -0.2) is 0 Å². The summed E-state index contributed by atoms with van der Waals surface area (Å²) in [5.74, 6) is 0.280. The molecule has 1 N–H and O–H groups in total. The molecular weight excluding hydrogens is 242 g/mol. The zero-order valence-corrected chi connectivity index (χ0v) is 11.0. The van der Waals surface area contributed by atoms with Crippen LogP contribution in [0.1, 0.15) is 25.3 Å². The Morgan fingerprint density at radius 3 is 2.89 bits per heavy atom. The number of amides is 1. The highest BCUT2D eigenvalue weighted by molar-refractivity contribution is 5.90. The van der Waals surface area contributed by atoms with Crippen molar-refractivity contribution in [1.82, 2.24) is 5.27 Å². The van der Waals surface area contributed by atoms with Crippen LogP contribution < -0.4 is 10.00 Å². The maximum absolute atomic E-state index is 11.8. The van der Waals surface area contributed by atoms with Crippen molar-refractivity contribution >= 4 is 11.8 Å². The maximum Gasteiger partial charge on any atom is 0.302 e. The van der Waals surface area contributed by atoms with E-state index in [9.17, 15) is 4.79 Å². The Labute approximate surface area is 112 Å². The molecule has 19 heavy (non-hydrogen) atoms. The number of hydrogen-bond acceptors (Lipinski definition) is 3. The van der Waals surface area contributed by atoms with Crippen LogP contribution >= 0.6 is 0 Å². The molecule has 1 aromatic heterocycles. The van der Waals surface area contributed by atoms with E-state index in [0.717, 1.165) is 24.9 Å². The quantitative estimate of drug-likeness (QED) is 0.807. The van der Waals surface area contributed by atoms with Crippen LogP contribution in [0.15, 0.2) is 41.1 Å². The van der Waals surface area contributed by atoms with Crippen LogP contribution in [0, 0.1) is 0 Å². The van der Waals surface area contributed by atoms with Gasteiger partial charge in [0.1, 0.15) is 0 Å². The Hall–Kier alpha value is -2.17. The summed E-state index contributed by atoms with van der Waals surface area (Å²) in [6, 6.07) is 9.59. The summed E-state index contributed by atoms with van der Waals surface area (Å²) in [5, 5.41) is 6.54. The van der Waals surface area contributed by atoms with Crippen LogP contribution in [0.3, 0.4) is 0 Å². The van der Waals surface area contributed by atoms with Gasteiger partial charge in [0.2, 0.25) is 11.2 Å². The Morgan fingerprint density at radius 1 is 1.37 bits per heavy atom. The summed E-state index contributed by atoms with van der Waals surface area (Å²) >= 11 is 0. The van der Waals surface area contributed by atoms with E-state index >= 15 is 0 Å². The van der Waals surface area contributed by atoms with Gasteiger partial charge in [-0.05, 0) is 5.56 Å². The number of carbonyl (C=O) groups is 1. The third kappa shape index (κ3) is 4.21. The van der Waals surface area contributed by atoms with Gasteiger partial charge in [-0.2, -0.15) is 0 Å². The van der Waals surface area contributed by atoms with Crippen LogP contribution in [0.25, 0.3) is 0 Å². The molecule has 0 fully saturated rings. The lowest BCUT2D eigenvalue weighted by molar-refractivity contribution is -0.762. The van der Waals surface area contributed by atoms with E-state index in [1.54, 1.807) is 10.9 Å². The summed E-state index contributed by atoms with van der Waals surface area (Å²) in [7, 11) is 0. The molecule has 0 unspecified atom stereocenters. The largest absolute Gasteiger partial charge is 0.302 e. The minimum Gasteiger partial charge on any atom is -0.289 e. The highest BCUT2D eigenvalue weighted by Gasteiger charge is 2.13. The second-order valence-corrected chi connectivity index (χ2v) is 4.39. The Kier molecular flexibility index (Phi) is 4.66. The van der Waals surface area contributed by atoms with Gasteiger partial charge in [0.15, 0.2) is 6.54 Å². The molecule has 0 aliphatic carbocycles. The second kappa shape index (κ2) is 6.68. The zero-order chi connectivity index (χ0) is 13.5. The number of nitrogens with one attached hydrogen (secondary N) is 1. The minimum atomic E-state index is -0.106.